The molecule has 1 aliphatic heterocycles. The lowest BCUT2D eigenvalue weighted by Crippen LogP contribution is -2.62. The third-order valence-corrected chi connectivity index (χ3v) is 5.84. The molecule has 3 aromatic rings. The maximum Gasteiger partial charge on any atom is 0.258 e. The van der Waals surface area contributed by atoms with E-state index in [9.17, 15) is 18.4 Å². The molecule has 0 unspecified atom stereocenters. The molecule has 3 N–H and O–H groups in total. The van der Waals surface area contributed by atoms with Crippen molar-refractivity contribution in [3.63, 3.8) is 0 Å². The van der Waals surface area contributed by atoms with Crippen LogP contribution in [0.25, 0.3) is 11.3 Å². The number of hydrogen-bond donors (Lipinski definition) is 3. The Kier molecular flexibility index (Phi) is 6.50. The molecule has 1 aromatic heterocycles. The van der Waals surface area contributed by atoms with E-state index in [1.807, 2.05) is 30.3 Å². The van der Waals surface area contributed by atoms with E-state index >= 15 is 0 Å². The summed E-state index contributed by atoms with van der Waals surface area (Å²) in [6.45, 7) is 2.55. The molecule has 4 rings (SSSR count). The van der Waals surface area contributed by atoms with Gasteiger partial charge < -0.3 is 20.5 Å². The van der Waals surface area contributed by atoms with Gasteiger partial charge in [0.2, 0.25) is 5.91 Å². The first-order valence-corrected chi connectivity index (χ1v) is 10.7. The summed E-state index contributed by atoms with van der Waals surface area (Å²) in [5.41, 5.74) is 0.327. The monoisotopic (exact) mass is 454 g/mol. The van der Waals surface area contributed by atoms with Gasteiger partial charge in [0.1, 0.15) is 34.2 Å². The van der Waals surface area contributed by atoms with Gasteiger partial charge in [-0.1, -0.05) is 41.6 Å². The molecule has 2 aromatic carbocycles. The molecular formula is C24H24F2N4O3. The zero-order valence-electron chi connectivity index (χ0n) is 18.1. The third kappa shape index (κ3) is 4.78. The van der Waals surface area contributed by atoms with E-state index in [2.05, 4.69) is 21.1 Å². The second-order valence-electron chi connectivity index (χ2n) is 8.03. The van der Waals surface area contributed by atoms with Crippen LogP contribution < -0.4 is 16.0 Å². The fourth-order valence-electron chi connectivity index (χ4n) is 3.98. The van der Waals surface area contributed by atoms with Gasteiger partial charge in [-0.25, -0.2) is 8.78 Å². The first kappa shape index (κ1) is 22.6. The van der Waals surface area contributed by atoms with Crippen molar-refractivity contribution in [1.29, 1.82) is 0 Å². The van der Waals surface area contributed by atoms with Crippen molar-refractivity contribution in [2.75, 3.05) is 13.1 Å². The lowest BCUT2D eigenvalue weighted by Gasteiger charge is -2.37. The Labute approximate surface area is 189 Å². The lowest BCUT2D eigenvalue weighted by atomic mass is 9.86. The fraction of sp³-hybridized carbons (Fsp3) is 0.292. The number of carbonyl (C=O) groups excluding carboxylic acids is 2. The predicted molar refractivity (Wildman–Crippen MR) is 117 cm³/mol. The van der Waals surface area contributed by atoms with Crippen molar-refractivity contribution >= 4 is 11.8 Å². The first-order chi connectivity index (χ1) is 15.9. The summed E-state index contributed by atoms with van der Waals surface area (Å²) < 4.78 is 32.5. The number of aromatic nitrogens is 1. The van der Waals surface area contributed by atoms with E-state index in [1.54, 1.807) is 6.92 Å². The molecule has 1 fully saturated rings. The number of halogens is 2. The van der Waals surface area contributed by atoms with Crippen LogP contribution in [0.4, 0.5) is 8.78 Å². The molecule has 1 saturated heterocycles. The van der Waals surface area contributed by atoms with Gasteiger partial charge in [0.05, 0.1) is 0 Å². The second-order valence-corrected chi connectivity index (χ2v) is 8.03. The van der Waals surface area contributed by atoms with E-state index < -0.39 is 29.0 Å². The molecule has 0 bridgehead atoms. The highest BCUT2D eigenvalue weighted by atomic mass is 19.1. The molecule has 9 heteroatoms. The predicted octanol–water partition coefficient (Wildman–Crippen LogP) is 3.10. The van der Waals surface area contributed by atoms with Crippen LogP contribution in [0.15, 0.2) is 53.1 Å². The summed E-state index contributed by atoms with van der Waals surface area (Å²) >= 11 is 0. The number of nitrogens with one attached hydrogen (secondary N) is 3. The Morgan fingerprint density at radius 3 is 2.55 bits per heavy atom. The van der Waals surface area contributed by atoms with E-state index in [-0.39, 0.29) is 17.7 Å². The van der Waals surface area contributed by atoms with Crippen LogP contribution >= 0.6 is 0 Å². The summed E-state index contributed by atoms with van der Waals surface area (Å²) in [5.74, 6) is -2.01. The van der Waals surface area contributed by atoms with Gasteiger partial charge in [-0.3, -0.25) is 9.59 Å². The molecule has 0 radical (unpaired) electrons. The van der Waals surface area contributed by atoms with Crippen LogP contribution in [-0.2, 0) is 11.3 Å². The molecule has 1 aliphatic rings. The maximum atomic E-state index is 14.0. The highest BCUT2D eigenvalue weighted by Gasteiger charge is 2.42. The number of benzene rings is 2. The smallest absolute Gasteiger partial charge is 0.258 e. The lowest BCUT2D eigenvalue weighted by molar-refractivity contribution is -0.128. The zero-order chi connectivity index (χ0) is 23.4. The molecule has 172 valence electrons. The van der Waals surface area contributed by atoms with Gasteiger partial charge in [-0.05, 0) is 38.9 Å². The number of aryl methyl sites for hydroxylation is 1. The van der Waals surface area contributed by atoms with Crippen LogP contribution in [-0.4, -0.2) is 35.6 Å². The van der Waals surface area contributed by atoms with Crippen LogP contribution in [0.1, 0.15) is 34.5 Å². The molecule has 0 saturated carbocycles. The van der Waals surface area contributed by atoms with Crippen LogP contribution in [0, 0.1) is 18.6 Å². The fourth-order valence-corrected chi connectivity index (χ4v) is 3.98. The standard InChI is InChI=1S/C24H24F2N4O3/c1-15-20(21(30-33-15)16-5-3-2-4-6-16)22(31)29-24(9-11-27-12-10-24)23(32)28-14-17-7-8-18(25)13-19(17)26/h2-8,13,27H,9-12,14H2,1H3,(H,28,32)(H,29,31). The minimum atomic E-state index is -1.20. The van der Waals surface area contributed by atoms with Crippen molar-refractivity contribution in [3.05, 3.63) is 77.1 Å². The Morgan fingerprint density at radius 2 is 1.85 bits per heavy atom. The topological polar surface area (TPSA) is 96.3 Å². The Balaban J connectivity index is 1.56. The van der Waals surface area contributed by atoms with Gasteiger partial charge in [0.15, 0.2) is 0 Å². The zero-order valence-corrected chi connectivity index (χ0v) is 18.1. The molecule has 2 amide bonds. The summed E-state index contributed by atoms with van der Waals surface area (Å²) in [5, 5.41) is 12.8. The first-order valence-electron chi connectivity index (χ1n) is 10.7. The number of rotatable bonds is 6. The minimum absolute atomic E-state index is 0.127. The quantitative estimate of drug-likeness (QED) is 0.532. The van der Waals surface area contributed by atoms with Crippen molar-refractivity contribution in [1.82, 2.24) is 21.1 Å². The van der Waals surface area contributed by atoms with Gasteiger partial charge >= 0.3 is 0 Å². The molecule has 0 aliphatic carbocycles. The summed E-state index contributed by atoms with van der Waals surface area (Å²) in [7, 11) is 0. The molecule has 0 atom stereocenters. The maximum absolute atomic E-state index is 14.0. The highest BCUT2D eigenvalue weighted by molar-refractivity contribution is 6.03. The number of piperidine rings is 1. The Morgan fingerprint density at radius 1 is 1.12 bits per heavy atom. The molecular weight excluding hydrogens is 430 g/mol. The number of nitrogens with zero attached hydrogens (tertiary/aromatic N) is 1. The average molecular weight is 454 g/mol. The van der Waals surface area contributed by atoms with Crippen LogP contribution in [0.2, 0.25) is 0 Å². The van der Waals surface area contributed by atoms with Crippen molar-refractivity contribution in [2.45, 2.75) is 31.8 Å². The minimum Gasteiger partial charge on any atom is -0.360 e. The van der Waals surface area contributed by atoms with Gasteiger partial charge in [-0.2, -0.15) is 0 Å². The second kappa shape index (κ2) is 9.50. The van der Waals surface area contributed by atoms with E-state index in [4.69, 9.17) is 4.52 Å². The summed E-state index contributed by atoms with van der Waals surface area (Å²) in [6, 6.07) is 12.3. The highest BCUT2D eigenvalue weighted by Crippen LogP contribution is 2.27. The molecule has 7 nitrogen and oxygen atoms in total. The van der Waals surface area contributed by atoms with E-state index in [1.165, 1.54) is 6.07 Å². The van der Waals surface area contributed by atoms with E-state index in [0.29, 0.717) is 37.4 Å². The average Bonchev–Trinajstić information content (AvgIpc) is 3.21. The SMILES string of the molecule is Cc1onc(-c2ccccc2)c1C(=O)NC1(C(=O)NCc2ccc(F)cc2F)CCNCC1. The van der Waals surface area contributed by atoms with Crippen LogP contribution in [0.3, 0.4) is 0 Å². The summed E-state index contributed by atoms with van der Waals surface area (Å²) in [4.78, 5) is 26.6. The van der Waals surface area contributed by atoms with Crippen molar-refractivity contribution < 1.29 is 22.9 Å². The number of carbonyl (C=O) groups is 2. The van der Waals surface area contributed by atoms with Crippen molar-refractivity contribution in [3.8, 4) is 11.3 Å². The van der Waals surface area contributed by atoms with Gasteiger partial charge in [-0.15, -0.1) is 0 Å². The molecule has 33 heavy (non-hydrogen) atoms. The van der Waals surface area contributed by atoms with Gasteiger partial charge in [0, 0.05) is 23.7 Å². The number of amides is 2. The summed E-state index contributed by atoms with van der Waals surface area (Å²) in [6.07, 6.45) is 0.697. The molecule has 0 spiro atoms. The van der Waals surface area contributed by atoms with Crippen LogP contribution in [0.5, 0.6) is 0 Å². The largest absolute Gasteiger partial charge is 0.360 e. The van der Waals surface area contributed by atoms with Crippen molar-refractivity contribution in [2.24, 2.45) is 0 Å². The number of hydrogen-bond acceptors (Lipinski definition) is 5. The third-order valence-electron chi connectivity index (χ3n) is 5.84. The van der Waals surface area contributed by atoms with Gasteiger partial charge in [0.25, 0.3) is 5.91 Å². The Hall–Kier alpha value is -3.59. The Bertz CT molecular complexity index is 1160. The normalized spacial score (nSPS) is 15.1. The van der Waals surface area contributed by atoms with E-state index in [0.717, 1.165) is 17.7 Å². The molecule has 2 heterocycles.